The Bertz CT molecular complexity index is 935. The van der Waals surface area contributed by atoms with Crippen LogP contribution in [-0.2, 0) is 4.74 Å². The van der Waals surface area contributed by atoms with Crippen molar-refractivity contribution in [3.05, 3.63) is 44.5 Å². The van der Waals surface area contributed by atoms with Gasteiger partial charge < -0.3 is 9.30 Å². The van der Waals surface area contributed by atoms with Gasteiger partial charge in [-0.3, -0.25) is 9.59 Å². The van der Waals surface area contributed by atoms with Crippen molar-refractivity contribution < 1.29 is 18.7 Å². The van der Waals surface area contributed by atoms with E-state index in [1.165, 1.54) is 6.20 Å². The first-order chi connectivity index (χ1) is 11.4. The van der Waals surface area contributed by atoms with Gasteiger partial charge in [0.15, 0.2) is 5.78 Å². The maximum atomic E-state index is 14.1. The second-order valence-corrected chi connectivity index (χ2v) is 6.01. The Labute approximate surface area is 142 Å². The number of pyridine rings is 1. The monoisotopic (exact) mass is 351 g/mol. The highest BCUT2D eigenvalue weighted by atomic mass is 35.5. The molecule has 0 saturated heterocycles. The lowest BCUT2D eigenvalue weighted by Gasteiger charge is -2.28. The Kier molecular flexibility index (Phi) is 4.17. The number of hydrogen-bond acceptors (Lipinski definition) is 4. The Hall–Kier alpha value is -2.21. The fourth-order valence-electron chi connectivity index (χ4n) is 3.12. The minimum absolute atomic E-state index is 0.00359. The molecule has 1 aliphatic rings. The second kappa shape index (κ2) is 6.02. The number of halogens is 2. The van der Waals surface area contributed by atoms with E-state index in [-0.39, 0.29) is 51.9 Å². The van der Waals surface area contributed by atoms with E-state index >= 15 is 0 Å². The van der Waals surface area contributed by atoms with Gasteiger partial charge in [0.1, 0.15) is 11.4 Å². The smallest absolute Gasteiger partial charge is 0.343 e. The number of rotatable bonds is 3. The third kappa shape index (κ3) is 2.33. The van der Waals surface area contributed by atoms with Gasteiger partial charge in [-0.25, -0.2) is 9.18 Å². The molecule has 2 aromatic rings. The summed E-state index contributed by atoms with van der Waals surface area (Å²) in [7, 11) is 0. The number of aromatic nitrogens is 1. The summed E-state index contributed by atoms with van der Waals surface area (Å²) in [6.07, 6.45) is 2.13. The van der Waals surface area contributed by atoms with E-state index in [0.29, 0.717) is 6.42 Å². The van der Waals surface area contributed by atoms with Crippen LogP contribution in [0.4, 0.5) is 4.39 Å². The average molecular weight is 352 g/mol. The number of benzene rings is 1. The van der Waals surface area contributed by atoms with Crippen LogP contribution in [0.5, 0.6) is 0 Å². The highest BCUT2D eigenvalue weighted by Crippen LogP contribution is 2.37. The summed E-state index contributed by atoms with van der Waals surface area (Å²) in [6, 6.07) is 0.747. The lowest BCUT2D eigenvalue weighted by Crippen LogP contribution is -2.28. The quantitative estimate of drug-likeness (QED) is 0.794. The summed E-state index contributed by atoms with van der Waals surface area (Å²) in [5.41, 5.74) is -0.558. The van der Waals surface area contributed by atoms with Crippen LogP contribution in [0, 0.1) is 5.82 Å². The van der Waals surface area contributed by atoms with Gasteiger partial charge in [0, 0.05) is 18.7 Å². The van der Waals surface area contributed by atoms with E-state index in [9.17, 15) is 18.8 Å². The van der Waals surface area contributed by atoms with Crippen molar-refractivity contribution in [2.24, 2.45) is 0 Å². The fraction of sp³-hybridized carbons (Fsp3) is 0.353. The zero-order valence-electron chi connectivity index (χ0n) is 13.2. The topological polar surface area (TPSA) is 65.4 Å². The van der Waals surface area contributed by atoms with Crippen LogP contribution in [0.25, 0.3) is 10.9 Å². The Balaban J connectivity index is 2.47. The number of esters is 1. The zero-order chi connectivity index (χ0) is 17.6. The fourth-order valence-corrected chi connectivity index (χ4v) is 3.37. The van der Waals surface area contributed by atoms with Gasteiger partial charge in [0.2, 0.25) is 5.43 Å². The van der Waals surface area contributed by atoms with Gasteiger partial charge >= 0.3 is 5.97 Å². The van der Waals surface area contributed by atoms with Crippen LogP contribution >= 0.6 is 11.6 Å². The van der Waals surface area contributed by atoms with E-state index in [0.717, 1.165) is 6.07 Å². The number of ether oxygens (including phenoxy) is 1. The van der Waals surface area contributed by atoms with E-state index in [4.69, 9.17) is 16.3 Å². The molecule has 1 aromatic heterocycles. The number of carbonyl (C=O) groups is 2. The number of ketones is 1. The van der Waals surface area contributed by atoms with Crippen molar-refractivity contribution in [3.63, 3.8) is 0 Å². The number of hydrogen-bond donors (Lipinski definition) is 0. The zero-order valence-corrected chi connectivity index (χ0v) is 13.9. The van der Waals surface area contributed by atoms with Gasteiger partial charge in [-0.2, -0.15) is 0 Å². The number of nitrogens with zero attached hydrogens (tertiary/aromatic N) is 1. The molecule has 0 aliphatic carbocycles. The van der Waals surface area contributed by atoms with Crippen molar-refractivity contribution in [1.29, 1.82) is 0 Å². The molecule has 0 bridgehead atoms. The van der Waals surface area contributed by atoms with Crippen molar-refractivity contribution in [2.75, 3.05) is 6.61 Å². The summed E-state index contributed by atoms with van der Waals surface area (Å²) in [5.74, 6) is -1.93. The number of Topliss-reactive ketones (excluding diaryl/α,β-unsaturated/α-hetero) is 1. The van der Waals surface area contributed by atoms with Crippen LogP contribution in [0.1, 0.15) is 53.4 Å². The highest BCUT2D eigenvalue weighted by Gasteiger charge is 2.31. The molecule has 7 heteroatoms. The van der Waals surface area contributed by atoms with E-state index in [2.05, 4.69) is 0 Å². The third-order valence-corrected chi connectivity index (χ3v) is 4.64. The normalized spacial score (nSPS) is 16.5. The van der Waals surface area contributed by atoms with Crippen LogP contribution in [0.2, 0.25) is 5.02 Å². The maximum Gasteiger partial charge on any atom is 0.343 e. The molecule has 5 nitrogen and oxygen atoms in total. The standard InChI is InChI=1S/C17H15ClFNO4/c1-3-8-5-12(21)13-14(18)11(19)6-9-15(13)20(8)7-10(16(9)22)17(23)24-4-2/h6-8H,3-5H2,1-2H3. The van der Waals surface area contributed by atoms with Crippen LogP contribution in [-0.4, -0.2) is 22.9 Å². The molecule has 0 saturated carbocycles. The Morgan fingerprint density at radius 2 is 2.12 bits per heavy atom. The van der Waals surface area contributed by atoms with Crippen LogP contribution in [0.3, 0.4) is 0 Å². The summed E-state index contributed by atoms with van der Waals surface area (Å²) >= 11 is 5.97. The molecule has 0 amide bonds. The van der Waals surface area contributed by atoms with E-state index in [1.807, 2.05) is 6.92 Å². The van der Waals surface area contributed by atoms with Crippen molar-refractivity contribution in [1.82, 2.24) is 4.57 Å². The molecule has 3 rings (SSSR count). The summed E-state index contributed by atoms with van der Waals surface area (Å²) in [6.45, 7) is 3.64. The first kappa shape index (κ1) is 16.6. The SMILES string of the molecule is CCOC(=O)c1cn2c3c(c(Cl)c(F)cc3c1=O)C(=O)CC2CC. The molecule has 0 radical (unpaired) electrons. The van der Waals surface area contributed by atoms with Gasteiger partial charge in [0.05, 0.1) is 28.1 Å². The molecule has 0 fully saturated rings. The van der Waals surface area contributed by atoms with Gasteiger partial charge in [0.25, 0.3) is 0 Å². The first-order valence-corrected chi connectivity index (χ1v) is 8.05. The molecule has 126 valence electrons. The molecule has 2 heterocycles. The molecule has 1 atom stereocenters. The maximum absolute atomic E-state index is 14.1. The van der Waals surface area contributed by atoms with Crippen molar-refractivity contribution in [2.45, 2.75) is 32.7 Å². The minimum atomic E-state index is -0.855. The van der Waals surface area contributed by atoms with Gasteiger partial charge in [-0.1, -0.05) is 18.5 Å². The van der Waals surface area contributed by atoms with Crippen LogP contribution in [0.15, 0.2) is 17.1 Å². The first-order valence-electron chi connectivity index (χ1n) is 7.67. The van der Waals surface area contributed by atoms with E-state index in [1.54, 1.807) is 11.5 Å². The molecule has 0 spiro atoms. The third-order valence-electron chi connectivity index (χ3n) is 4.27. The predicted octanol–water partition coefficient (Wildman–Crippen LogP) is 3.51. The summed E-state index contributed by atoms with van der Waals surface area (Å²) in [5, 5.41) is -0.331. The lowest BCUT2D eigenvalue weighted by atomic mass is 9.93. The van der Waals surface area contributed by atoms with Gasteiger partial charge in [-0.05, 0) is 19.4 Å². The molecule has 1 aromatic carbocycles. The molecular formula is C17H15ClFNO4. The lowest BCUT2D eigenvalue weighted by molar-refractivity contribution is 0.0524. The minimum Gasteiger partial charge on any atom is -0.462 e. The van der Waals surface area contributed by atoms with Crippen molar-refractivity contribution in [3.8, 4) is 0 Å². The van der Waals surface area contributed by atoms with Crippen molar-refractivity contribution >= 4 is 34.3 Å². The Morgan fingerprint density at radius 3 is 2.75 bits per heavy atom. The predicted molar refractivity (Wildman–Crippen MR) is 87.4 cm³/mol. The highest BCUT2D eigenvalue weighted by molar-refractivity contribution is 6.36. The van der Waals surface area contributed by atoms with E-state index < -0.39 is 17.2 Å². The average Bonchev–Trinajstić information content (AvgIpc) is 2.55. The molecule has 0 N–H and O–H groups in total. The number of carbonyl (C=O) groups excluding carboxylic acids is 2. The van der Waals surface area contributed by atoms with Crippen LogP contribution < -0.4 is 5.43 Å². The summed E-state index contributed by atoms with van der Waals surface area (Å²) in [4.78, 5) is 37.1. The molecular weight excluding hydrogens is 337 g/mol. The summed E-state index contributed by atoms with van der Waals surface area (Å²) < 4.78 is 20.7. The second-order valence-electron chi connectivity index (χ2n) is 5.63. The van der Waals surface area contributed by atoms with Gasteiger partial charge in [-0.15, -0.1) is 0 Å². The molecule has 24 heavy (non-hydrogen) atoms. The largest absolute Gasteiger partial charge is 0.462 e. The Morgan fingerprint density at radius 1 is 1.42 bits per heavy atom. The molecule has 1 aliphatic heterocycles. The molecule has 1 unspecified atom stereocenters.